The van der Waals surface area contributed by atoms with Gasteiger partial charge >= 0.3 is 0 Å². The fourth-order valence-electron chi connectivity index (χ4n) is 2.39. The Bertz CT molecular complexity index is 631. The Morgan fingerprint density at radius 1 is 1.19 bits per heavy atom. The third kappa shape index (κ3) is 3.15. The van der Waals surface area contributed by atoms with E-state index in [1.54, 1.807) is 7.11 Å². The zero-order valence-electron chi connectivity index (χ0n) is 12.3. The van der Waals surface area contributed by atoms with E-state index in [1.807, 2.05) is 55.6 Å². The number of hydrogen-bond donors (Lipinski definition) is 1. The summed E-state index contributed by atoms with van der Waals surface area (Å²) in [6.07, 6.45) is 0. The van der Waals surface area contributed by atoms with Crippen molar-refractivity contribution in [2.75, 3.05) is 25.6 Å². The van der Waals surface area contributed by atoms with Gasteiger partial charge in [0, 0.05) is 24.8 Å². The number of hydrogen-bond acceptors (Lipinski definition) is 4. The molecule has 0 spiro atoms. The Balaban J connectivity index is 2.33. The minimum atomic E-state index is 0.00841. The lowest BCUT2D eigenvalue weighted by Gasteiger charge is -2.30. The van der Waals surface area contributed by atoms with E-state index >= 15 is 0 Å². The van der Waals surface area contributed by atoms with Crippen LogP contribution in [0.1, 0.15) is 17.2 Å². The molecule has 0 amide bonds. The van der Waals surface area contributed by atoms with E-state index in [9.17, 15) is 0 Å². The fraction of sp³-hybridized carbons (Fsp3) is 0.235. The number of rotatable bonds is 5. The molecule has 0 saturated heterocycles. The molecule has 0 fully saturated rings. The van der Waals surface area contributed by atoms with Crippen molar-refractivity contribution >= 4 is 5.69 Å². The molecule has 21 heavy (non-hydrogen) atoms. The average molecular weight is 281 g/mol. The van der Waals surface area contributed by atoms with Gasteiger partial charge < -0.3 is 15.4 Å². The summed E-state index contributed by atoms with van der Waals surface area (Å²) in [7, 11) is 3.65. The second-order valence-corrected chi connectivity index (χ2v) is 4.76. The molecule has 2 aromatic rings. The first kappa shape index (κ1) is 14.9. The number of para-hydroxylation sites is 1. The molecule has 1 unspecified atom stereocenters. The molecule has 4 heteroatoms. The number of methoxy groups -OCH3 is 1. The van der Waals surface area contributed by atoms with Gasteiger partial charge in [-0.05, 0) is 30.3 Å². The molecule has 0 aliphatic heterocycles. The fourth-order valence-corrected chi connectivity index (χ4v) is 2.39. The van der Waals surface area contributed by atoms with Gasteiger partial charge in [0.2, 0.25) is 0 Å². The topological polar surface area (TPSA) is 62.3 Å². The summed E-state index contributed by atoms with van der Waals surface area (Å²) in [4.78, 5) is 2.10. The van der Waals surface area contributed by atoms with Crippen LogP contribution in [0.2, 0.25) is 0 Å². The number of ether oxygens (including phenoxy) is 1. The van der Waals surface area contributed by atoms with Crippen LogP contribution in [-0.4, -0.2) is 20.7 Å². The van der Waals surface area contributed by atoms with Gasteiger partial charge in [0.05, 0.1) is 24.8 Å². The molecule has 2 N–H and O–H groups in total. The van der Waals surface area contributed by atoms with Crippen molar-refractivity contribution in [3.05, 3.63) is 59.7 Å². The summed E-state index contributed by atoms with van der Waals surface area (Å²) in [6, 6.07) is 17.5. The second kappa shape index (κ2) is 6.78. The predicted octanol–water partition coefficient (Wildman–Crippen LogP) is 2.70. The Kier molecular flexibility index (Phi) is 4.81. The van der Waals surface area contributed by atoms with Crippen LogP contribution in [0.5, 0.6) is 5.75 Å². The van der Waals surface area contributed by atoms with E-state index in [2.05, 4.69) is 11.0 Å². The number of benzene rings is 2. The normalized spacial score (nSPS) is 11.5. The zero-order valence-corrected chi connectivity index (χ0v) is 12.3. The number of nitrogens with zero attached hydrogens (tertiary/aromatic N) is 2. The van der Waals surface area contributed by atoms with Crippen molar-refractivity contribution in [1.29, 1.82) is 5.26 Å². The molecule has 0 saturated carbocycles. The maximum Gasteiger partial charge on any atom is 0.124 e. The van der Waals surface area contributed by atoms with Gasteiger partial charge in [-0.25, -0.2) is 0 Å². The smallest absolute Gasteiger partial charge is 0.124 e. The molecule has 0 bridgehead atoms. The Morgan fingerprint density at radius 3 is 2.43 bits per heavy atom. The summed E-state index contributed by atoms with van der Waals surface area (Å²) >= 11 is 0. The standard InChI is InChI=1S/C17H19N3O/c1-20(14-9-7-13(11-18)8-10-14)16(12-19)15-5-3-4-6-17(15)21-2/h3-10,16H,12,19H2,1-2H3. The Morgan fingerprint density at radius 2 is 1.86 bits per heavy atom. The van der Waals surface area contributed by atoms with Crippen molar-refractivity contribution in [3.8, 4) is 11.8 Å². The summed E-state index contributed by atoms with van der Waals surface area (Å²) in [5.41, 5.74) is 8.68. The number of anilines is 1. The van der Waals surface area contributed by atoms with Crippen LogP contribution in [0.25, 0.3) is 0 Å². The Labute approximate surface area is 125 Å². The number of nitrogens with two attached hydrogens (primary N) is 1. The molecule has 0 aliphatic rings. The molecule has 108 valence electrons. The molecule has 0 aliphatic carbocycles. The maximum atomic E-state index is 8.87. The van der Waals surface area contributed by atoms with Crippen LogP contribution in [0.15, 0.2) is 48.5 Å². The number of likely N-dealkylation sites (N-methyl/N-ethyl adjacent to an activating group) is 1. The lowest BCUT2D eigenvalue weighted by Crippen LogP contribution is -2.30. The molecule has 0 radical (unpaired) electrons. The van der Waals surface area contributed by atoms with Gasteiger partial charge in [0.15, 0.2) is 0 Å². The Hall–Kier alpha value is -2.51. The summed E-state index contributed by atoms with van der Waals surface area (Å²) in [5, 5.41) is 8.87. The SMILES string of the molecule is COc1ccccc1C(CN)N(C)c1ccc(C#N)cc1. The highest BCUT2D eigenvalue weighted by Gasteiger charge is 2.19. The van der Waals surface area contributed by atoms with E-state index in [0.29, 0.717) is 12.1 Å². The lowest BCUT2D eigenvalue weighted by atomic mass is 10.0. The monoisotopic (exact) mass is 281 g/mol. The highest BCUT2D eigenvalue weighted by Crippen LogP contribution is 2.31. The predicted molar refractivity (Wildman–Crippen MR) is 84.3 cm³/mol. The van der Waals surface area contributed by atoms with Crippen LogP contribution in [-0.2, 0) is 0 Å². The first-order valence-corrected chi connectivity index (χ1v) is 6.77. The summed E-state index contributed by atoms with van der Waals surface area (Å²) in [6.45, 7) is 0.469. The minimum absolute atomic E-state index is 0.00841. The van der Waals surface area contributed by atoms with Crippen LogP contribution >= 0.6 is 0 Å². The van der Waals surface area contributed by atoms with E-state index < -0.39 is 0 Å². The minimum Gasteiger partial charge on any atom is -0.496 e. The van der Waals surface area contributed by atoms with E-state index in [1.165, 1.54) is 0 Å². The van der Waals surface area contributed by atoms with Gasteiger partial charge in [0.25, 0.3) is 0 Å². The molecular weight excluding hydrogens is 262 g/mol. The third-order valence-corrected chi connectivity index (χ3v) is 3.59. The highest BCUT2D eigenvalue weighted by molar-refractivity contribution is 5.52. The summed E-state index contributed by atoms with van der Waals surface area (Å²) in [5.74, 6) is 0.827. The number of nitriles is 1. The first-order chi connectivity index (χ1) is 10.2. The molecule has 1 atom stereocenters. The van der Waals surface area contributed by atoms with Crippen LogP contribution in [0.3, 0.4) is 0 Å². The molecule has 0 aromatic heterocycles. The van der Waals surface area contributed by atoms with Crippen molar-refractivity contribution in [2.24, 2.45) is 5.73 Å². The van der Waals surface area contributed by atoms with Crippen LogP contribution < -0.4 is 15.4 Å². The molecule has 4 nitrogen and oxygen atoms in total. The molecule has 2 rings (SSSR count). The van der Waals surface area contributed by atoms with Gasteiger partial charge in [-0.15, -0.1) is 0 Å². The van der Waals surface area contributed by atoms with E-state index in [4.69, 9.17) is 15.7 Å². The quantitative estimate of drug-likeness (QED) is 0.915. The van der Waals surface area contributed by atoms with Gasteiger partial charge in [0.1, 0.15) is 5.75 Å². The second-order valence-electron chi connectivity index (χ2n) is 4.76. The third-order valence-electron chi connectivity index (χ3n) is 3.59. The maximum absolute atomic E-state index is 8.87. The largest absolute Gasteiger partial charge is 0.496 e. The van der Waals surface area contributed by atoms with Crippen molar-refractivity contribution in [2.45, 2.75) is 6.04 Å². The highest BCUT2D eigenvalue weighted by atomic mass is 16.5. The molecular formula is C17H19N3O. The van der Waals surface area contributed by atoms with Crippen molar-refractivity contribution in [3.63, 3.8) is 0 Å². The average Bonchev–Trinajstić information content (AvgIpc) is 2.56. The van der Waals surface area contributed by atoms with E-state index in [-0.39, 0.29) is 6.04 Å². The first-order valence-electron chi connectivity index (χ1n) is 6.77. The van der Waals surface area contributed by atoms with Crippen LogP contribution in [0, 0.1) is 11.3 Å². The van der Waals surface area contributed by atoms with Crippen molar-refractivity contribution < 1.29 is 4.74 Å². The molecule has 0 heterocycles. The van der Waals surface area contributed by atoms with Gasteiger partial charge in [-0.3, -0.25) is 0 Å². The van der Waals surface area contributed by atoms with E-state index in [0.717, 1.165) is 17.0 Å². The van der Waals surface area contributed by atoms with Crippen LogP contribution in [0.4, 0.5) is 5.69 Å². The summed E-state index contributed by atoms with van der Waals surface area (Å²) < 4.78 is 5.43. The van der Waals surface area contributed by atoms with Gasteiger partial charge in [-0.1, -0.05) is 18.2 Å². The zero-order chi connectivity index (χ0) is 15.2. The van der Waals surface area contributed by atoms with Gasteiger partial charge in [-0.2, -0.15) is 5.26 Å². The molecule has 2 aromatic carbocycles. The van der Waals surface area contributed by atoms with Crippen molar-refractivity contribution in [1.82, 2.24) is 0 Å². The lowest BCUT2D eigenvalue weighted by molar-refractivity contribution is 0.405.